The Kier molecular flexibility index (Phi) is 4.59. The third kappa shape index (κ3) is 3.02. The van der Waals surface area contributed by atoms with Crippen LogP contribution in [0.25, 0.3) is 0 Å². The van der Waals surface area contributed by atoms with Gasteiger partial charge in [-0.2, -0.15) is 0 Å². The van der Waals surface area contributed by atoms with E-state index in [0.29, 0.717) is 12.6 Å². The maximum atomic E-state index is 12.5. The van der Waals surface area contributed by atoms with E-state index in [1.165, 1.54) is 6.42 Å². The number of amides is 1. The molecule has 2 heterocycles. The molecule has 2 fully saturated rings. The van der Waals surface area contributed by atoms with Gasteiger partial charge in [-0.05, 0) is 33.9 Å². The quantitative estimate of drug-likeness (QED) is 0.749. The lowest BCUT2D eigenvalue weighted by atomic mass is 10.0. The van der Waals surface area contributed by atoms with Crippen LogP contribution in [-0.4, -0.2) is 74.2 Å². The molecule has 0 aliphatic carbocycles. The Morgan fingerprint density at radius 1 is 1.44 bits per heavy atom. The lowest BCUT2D eigenvalue weighted by Gasteiger charge is -2.39. The van der Waals surface area contributed by atoms with Gasteiger partial charge in [0.15, 0.2) is 0 Å². The number of nitrogens with zero attached hydrogens (tertiary/aromatic N) is 2. The van der Waals surface area contributed by atoms with Gasteiger partial charge in [-0.25, -0.2) is 0 Å². The Bertz CT molecular complexity index is 296. The van der Waals surface area contributed by atoms with E-state index in [1.807, 2.05) is 11.8 Å². The molecule has 0 saturated carbocycles. The zero-order chi connectivity index (χ0) is 13.1. The molecule has 0 aromatic rings. The molecule has 0 bridgehead atoms. The molecule has 3 atom stereocenters. The van der Waals surface area contributed by atoms with Crippen LogP contribution in [0.2, 0.25) is 0 Å². The number of likely N-dealkylation sites (N-methyl/N-ethyl adjacent to an activating group) is 1. The van der Waals surface area contributed by atoms with Crippen LogP contribution in [0.3, 0.4) is 0 Å². The fourth-order valence-electron chi connectivity index (χ4n) is 2.78. The van der Waals surface area contributed by atoms with Gasteiger partial charge in [0.05, 0.1) is 12.7 Å². The zero-order valence-corrected chi connectivity index (χ0v) is 11.7. The molecule has 1 N–H and O–H groups in total. The number of morpholine rings is 1. The Labute approximate surface area is 109 Å². The van der Waals surface area contributed by atoms with E-state index in [-0.39, 0.29) is 18.1 Å². The second-order valence-corrected chi connectivity index (χ2v) is 5.55. The summed E-state index contributed by atoms with van der Waals surface area (Å²) in [7, 11) is 4.17. The number of likely N-dealkylation sites (tertiary alicyclic amines) is 1. The lowest BCUT2D eigenvalue weighted by Crippen LogP contribution is -2.59. The Balaban J connectivity index is 1.95. The largest absolute Gasteiger partial charge is 0.375 e. The van der Waals surface area contributed by atoms with E-state index in [9.17, 15) is 4.79 Å². The molecule has 1 amide bonds. The van der Waals surface area contributed by atoms with Crippen LogP contribution < -0.4 is 5.32 Å². The van der Waals surface area contributed by atoms with Crippen molar-refractivity contribution >= 4 is 5.91 Å². The highest BCUT2D eigenvalue weighted by Crippen LogP contribution is 2.16. The number of carbonyl (C=O) groups is 1. The highest BCUT2D eigenvalue weighted by Gasteiger charge is 2.34. The minimum atomic E-state index is -0.167. The molecule has 0 radical (unpaired) electrons. The fourth-order valence-corrected chi connectivity index (χ4v) is 2.78. The molecule has 0 spiro atoms. The van der Waals surface area contributed by atoms with Crippen molar-refractivity contribution in [3.8, 4) is 0 Å². The first-order valence-corrected chi connectivity index (χ1v) is 6.90. The van der Waals surface area contributed by atoms with Gasteiger partial charge in [-0.1, -0.05) is 0 Å². The van der Waals surface area contributed by atoms with Crippen molar-refractivity contribution in [2.24, 2.45) is 0 Å². The van der Waals surface area contributed by atoms with Crippen molar-refractivity contribution in [3.63, 3.8) is 0 Å². The van der Waals surface area contributed by atoms with Gasteiger partial charge in [0.1, 0.15) is 6.04 Å². The molecule has 5 nitrogen and oxygen atoms in total. The highest BCUT2D eigenvalue weighted by atomic mass is 16.5. The molecular weight excluding hydrogens is 230 g/mol. The van der Waals surface area contributed by atoms with Gasteiger partial charge in [0.25, 0.3) is 0 Å². The normalized spacial score (nSPS) is 33.8. The molecule has 104 valence electrons. The van der Waals surface area contributed by atoms with Gasteiger partial charge < -0.3 is 19.9 Å². The standard InChI is InChI=1S/C13H25N3O2/c1-10-12(14-6-8-18-10)13(17)16-7-4-5-11(9-16)15(2)3/h10-12,14H,4-9H2,1-3H3/t10-,11?,12+/m1/s1. The molecule has 1 unspecified atom stereocenters. The molecule has 2 rings (SSSR count). The minimum Gasteiger partial charge on any atom is -0.375 e. The molecule has 0 aromatic heterocycles. The summed E-state index contributed by atoms with van der Waals surface area (Å²) in [6, 6.07) is 0.321. The summed E-state index contributed by atoms with van der Waals surface area (Å²) in [4.78, 5) is 16.7. The number of hydrogen-bond donors (Lipinski definition) is 1. The monoisotopic (exact) mass is 255 g/mol. The number of nitrogens with one attached hydrogen (secondary N) is 1. The summed E-state index contributed by atoms with van der Waals surface area (Å²) >= 11 is 0. The van der Waals surface area contributed by atoms with Crippen LogP contribution in [0.15, 0.2) is 0 Å². The van der Waals surface area contributed by atoms with Gasteiger partial charge in [0, 0.05) is 25.7 Å². The SMILES string of the molecule is C[C@H]1OCCN[C@@H]1C(=O)N1CCCC(N(C)C)C1. The summed E-state index contributed by atoms with van der Waals surface area (Å²) in [6.45, 7) is 5.17. The topological polar surface area (TPSA) is 44.8 Å². The van der Waals surface area contributed by atoms with Crippen molar-refractivity contribution in [3.05, 3.63) is 0 Å². The smallest absolute Gasteiger partial charge is 0.242 e. The summed E-state index contributed by atoms with van der Waals surface area (Å²) < 4.78 is 5.56. The van der Waals surface area contributed by atoms with E-state index >= 15 is 0 Å². The first kappa shape index (κ1) is 13.8. The summed E-state index contributed by atoms with van der Waals surface area (Å²) in [5.41, 5.74) is 0. The Morgan fingerprint density at radius 3 is 2.89 bits per heavy atom. The van der Waals surface area contributed by atoms with Gasteiger partial charge >= 0.3 is 0 Å². The van der Waals surface area contributed by atoms with Crippen LogP contribution >= 0.6 is 0 Å². The average molecular weight is 255 g/mol. The predicted molar refractivity (Wildman–Crippen MR) is 70.5 cm³/mol. The fraction of sp³-hybridized carbons (Fsp3) is 0.923. The minimum absolute atomic E-state index is 0.0222. The van der Waals surface area contributed by atoms with E-state index in [2.05, 4.69) is 24.3 Å². The van der Waals surface area contributed by atoms with Gasteiger partial charge in [-0.15, -0.1) is 0 Å². The van der Waals surface area contributed by atoms with Crippen LogP contribution in [0, 0.1) is 0 Å². The number of rotatable bonds is 2. The Hall–Kier alpha value is -0.650. The molecule has 2 aliphatic rings. The van der Waals surface area contributed by atoms with Crippen molar-refractivity contribution in [2.75, 3.05) is 40.3 Å². The van der Waals surface area contributed by atoms with Crippen molar-refractivity contribution in [2.45, 2.75) is 38.0 Å². The van der Waals surface area contributed by atoms with Crippen molar-refractivity contribution in [1.82, 2.24) is 15.1 Å². The predicted octanol–water partition coefficient (Wildman–Crippen LogP) is -0.0841. The first-order valence-electron chi connectivity index (χ1n) is 6.90. The maximum Gasteiger partial charge on any atom is 0.242 e. The molecule has 2 saturated heterocycles. The van der Waals surface area contributed by atoms with E-state index in [1.54, 1.807) is 0 Å². The second-order valence-electron chi connectivity index (χ2n) is 5.55. The number of ether oxygens (including phenoxy) is 1. The zero-order valence-electron chi connectivity index (χ0n) is 11.7. The van der Waals surface area contributed by atoms with Gasteiger partial charge in [0.2, 0.25) is 5.91 Å². The summed E-state index contributed by atoms with van der Waals surface area (Å²) in [5, 5.41) is 3.28. The van der Waals surface area contributed by atoms with Crippen molar-refractivity contribution < 1.29 is 9.53 Å². The van der Waals surface area contributed by atoms with Crippen LogP contribution in [0.1, 0.15) is 19.8 Å². The molecule has 0 aromatic carbocycles. The number of hydrogen-bond acceptors (Lipinski definition) is 4. The van der Waals surface area contributed by atoms with Gasteiger partial charge in [-0.3, -0.25) is 4.79 Å². The highest BCUT2D eigenvalue weighted by molar-refractivity contribution is 5.82. The Morgan fingerprint density at radius 2 is 2.22 bits per heavy atom. The van der Waals surface area contributed by atoms with Crippen LogP contribution in [-0.2, 0) is 9.53 Å². The summed E-state index contributed by atoms with van der Waals surface area (Å²) in [6.07, 6.45) is 2.25. The third-order valence-electron chi connectivity index (χ3n) is 4.02. The van der Waals surface area contributed by atoms with Crippen molar-refractivity contribution in [1.29, 1.82) is 0 Å². The number of piperidine rings is 1. The maximum absolute atomic E-state index is 12.5. The van der Waals surface area contributed by atoms with E-state index < -0.39 is 0 Å². The molecule has 18 heavy (non-hydrogen) atoms. The van der Waals surface area contributed by atoms with Crippen LogP contribution in [0.4, 0.5) is 0 Å². The second kappa shape index (κ2) is 5.99. The number of carbonyl (C=O) groups excluding carboxylic acids is 1. The lowest BCUT2D eigenvalue weighted by molar-refractivity contribution is -0.141. The molecule has 5 heteroatoms. The molecule has 2 aliphatic heterocycles. The van der Waals surface area contributed by atoms with Crippen LogP contribution in [0.5, 0.6) is 0 Å². The third-order valence-corrected chi connectivity index (χ3v) is 4.02. The van der Waals surface area contributed by atoms with E-state index in [4.69, 9.17) is 4.74 Å². The first-order chi connectivity index (χ1) is 8.59. The summed E-state index contributed by atoms with van der Waals surface area (Å²) in [5.74, 6) is 0.203. The molecular formula is C13H25N3O2. The average Bonchev–Trinajstić information content (AvgIpc) is 2.38. The van der Waals surface area contributed by atoms with E-state index in [0.717, 1.165) is 26.1 Å².